The molecule has 0 bridgehead atoms. The van der Waals surface area contributed by atoms with Crippen LogP contribution in [0, 0.1) is 6.92 Å². The number of hydrogen-bond acceptors (Lipinski definition) is 7. The van der Waals surface area contributed by atoms with Crippen molar-refractivity contribution in [2.45, 2.75) is 56.5 Å². The molecule has 3 N–H and O–H groups in total. The molecule has 1 fully saturated rings. The Morgan fingerprint density at radius 2 is 1.97 bits per heavy atom. The molecule has 0 aliphatic heterocycles. The highest BCUT2D eigenvalue weighted by Gasteiger charge is 2.29. The third-order valence-corrected chi connectivity index (χ3v) is 6.18. The normalized spacial score (nSPS) is 21.5. The number of nitrogens with one attached hydrogen (secondary N) is 2. The molecule has 0 unspecified atom stereocenters. The van der Waals surface area contributed by atoms with Crippen molar-refractivity contribution in [3.05, 3.63) is 30.4 Å². The number of hydrogen-bond donors (Lipinski definition) is 3. The van der Waals surface area contributed by atoms with Gasteiger partial charge in [0.25, 0.3) is 0 Å². The van der Waals surface area contributed by atoms with Crippen LogP contribution in [-0.4, -0.2) is 75.1 Å². The second kappa shape index (κ2) is 7.79. The van der Waals surface area contributed by atoms with E-state index in [4.69, 9.17) is 14.7 Å². The highest BCUT2D eigenvalue weighted by Crippen LogP contribution is 2.36. The van der Waals surface area contributed by atoms with Crippen LogP contribution >= 0.6 is 0 Å². The van der Waals surface area contributed by atoms with Crippen molar-refractivity contribution in [1.82, 2.24) is 29.5 Å². The molecule has 5 rings (SSSR count). The molecule has 4 heterocycles. The first-order chi connectivity index (χ1) is 15.6. The molecular formula is C21H28B3N7O2. The summed E-state index contributed by atoms with van der Waals surface area (Å²) >= 11 is 0. The summed E-state index contributed by atoms with van der Waals surface area (Å²) in [6.07, 6.45) is 7.23. The number of nitrogens with zero attached hydrogens (tertiary/aromatic N) is 5. The van der Waals surface area contributed by atoms with Crippen LogP contribution < -0.4 is 10.1 Å². The Hall–Kier alpha value is -3.01. The van der Waals surface area contributed by atoms with Crippen LogP contribution in [0.3, 0.4) is 0 Å². The highest BCUT2D eigenvalue weighted by molar-refractivity contribution is 6.58. The van der Waals surface area contributed by atoms with E-state index in [1.54, 1.807) is 0 Å². The molecule has 1 aliphatic rings. The van der Waals surface area contributed by atoms with Crippen LogP contribution in [0.2, 0.25) is 0 Å². The molecular weight excluding hydrogens is 415 g/mol. The molecule has 4 aromatic heterocycles. The Bertz CT molecular complexity index is 1320. The Balaban J connectivity index is 1.55. The molecule has 12 heteroatoms. The van der Waals surface area contributed by atoms with Gasteiger partial charge in [-0.15, -0.1) is 10.2 Å². The van der Waals surface area contributed by atoms with Crippen molar-refractivity contribution >= 4 is 46.2 Å². The fraction of sp³-hybridized carbons (Fsp3) is 0.429. The van der Waals surface area contributed by atoms with Gasteiger partial charge in [0.05, 0.1) is 11.0 Å². The zero-order chi connectivity index (χ0) is 23.4. The van der Waals surface area contributed by atoms with Gasteiger partial charge in [-0.3, -0.25) is 4.40 Å². The van der Waals surface area contributed by atoms with E-state index in [1.807, 2.05) is 66.3 Å². The Morgan fingerprint density at radius 1 is 1.21 bits per heavy atom. The predicted octanol–water partition coefficient (Wildman–Crippen LogP) is -0.0291. The number of aromatic amines is 1. The zero-order valence-corrected chi connectivity index (χ0v) is 19.8. The van der Waals surface area contributed by atoms with Gasteiger partial charge < -0.3 is 20.1 Å². The summed E-state index contributed by atoms with van der Waals surface area (Å²) in [5.41, 5.74) is 2.89. The minimum Gasteiger partial charge on any atom is -0.498 e. The average Bonchev–Trinajstić information content (AvgIpc) is 3.32. The first-order valence-electron chi connectivity index (χ1n) is 11.5. The van der Waals surface area contributed by atoms with E-state index in [0.717, 1.165) is 53.7 Å². The van der Waals surface area contributed by atoms with Crippen molar-refractivity contribution < 1.29 is 9.84 Å². The molecule has 0 atom stereocenters. The van der Waals surface area contributed by atoms with Gasteiger partial charge in [-0.25, -0.2) is 0 Å². The van der Waals surface area contributed by atoms with E-state index in [9.17, 15) is 5.11 Å². The Morgan fingerprint density at radius 3 is 2.70 bits per heavy atom. The van der Waals surface area contributed by atoms with Crippen LogP contribution in [0.1, 0.15) is 38.4 Å². The van der Waals surface area contributed by atoms with E-state index < -0.39 is 10.9 Å². The fourth-order valence-corrected chi connectivity index (χ4v) is 4.39. The molecule has 0 spiro atoms. The molecule has 1 aliphatic carbocycles. The van der Waals surface area contributed by atoms with Crippen LogP contribution in [0.25, 0.3) is 27.8 Å². The molecule has 0 aromatic carbocycles. The third kappa shape index (κ3) is 4.44. The highest BCUT2D eigenvalue weighted by atomic mass is 16.5. The van der Waals surface area contributed by atoms with Gasteiger partial charge in [0, 0.05) is 34.9 Å². The molecule has 33 heavy (non-hydrogen) atoms. The minimum absolute atomic E-state index is 0.221. The standard InChI is InChI=1S/C21H28B3N7O2/c1-11-29-30-15-4-3-12(10-31(11)15)14-9-25-17-16(14)18(33-21(22,23)24)28-19(27-17)26-13-5-7-20(2,32)8-6-13/h3-4,9-10,13,32H,5-8,22-24H2,1-2H3,(H2,25,26,27,28)/t13-,20-. The largest absolute Gasteiger partial charge is 0.498 e. The lowest BCUT2D eigenvalue weighted by atomic mass is 9.52. The number of pyridine rings is 1. The maximum absolute atomic E-state index is 10.3. The lowest BCUT2D eigenvalue weighted by Crippen LogP contribution is -2.38. The Labute approximate surface area is 195 Å². The first kappa shape index (κ1) is 21.8. The van der Waals surface area contributed by atoms with Gasteiger partial charge in [-0.2, -0.15) is 9.97 Å². The summed E-state index contributed by atoms with van der Waals surface area (Å²) in [4.78, 5) is 12.9. The average molecular weight is 443 g/mol. The Kier molecular flexibility index (Phi) is 5.15. The maximum atomic E-state index is 10.3. The quantitative estimate of drug-likeness (QED) is 0.372. The van der Waals surface area contributed by atoms with Crippen molar-refractivity contribution in [3.8, 4) is 17.0 Å². The van der Waals surface area contributed by atoms with Crippen LogP contribution in [0.4, 0.5) is 5.95 Å². The summed E-state index contributed by atoms with van der Waals surface area (Å²) in [5.74, 6) is 1.90. The second-order valence-electron chi connectivity index (χ2n) is 10.3. The second-order valence-corrected chi connectivity index (χ2v) is 10.3. The smallest absolute Gasteiger partial charge is 0.228 e. The molecule has 0 amide bonds. The number of aliphatic hydroxyl groups is 1. The molecule has 4 aromatic rings. The number of H-pyrrole nitrogens is 1. The van der Waals surface area contributed by atoms with E-state index in [1.165, 1.54) is 0 Å². The van der Waals surface area contributed by atoms with E-state index >= 15 is 0 Å². The van der Waals surface area contributed by atoms with Crippen LogP contribution in [0.15, 0.2) is 24.5 Å². The van der Waals surface area contributed by atoms with Crippen LogP contribution in [-0.2, 0) is 0 Å². The summed E-state index contributed by atoms with van der Waals surface area (Å²) in [5, 5.41) is 22.5. The molecule has 9 nitrogen and oxygen atoms in total. The third-order valence-electron chi connectivity index (χ3n) is 6.18. The van der Waals surface area contributed by atoms with Crippen molar-refractivity contribution in [2.75, 3.05) is 5.32 Å². The maximum Gasteiger partial charge on any atom is 0.228 e. The van der Waals surface area contributed by atoms with Gasteiger partial charge in [0.15, 0.2) is 5.65 Å². The van der Waals surface area contributed by atoms with Gasteiger partial charge >= 0.3 is 0 Å². The first-order valence-corrected chi connectivity index (χ1v) is 11.5. The van der Waals surface area contributed by atoms with Crippen molar-refractivity contribution in [1.29, 1.82) is 0 Å². The predicted molar refractivity (Wildman–Crippen MR) is 136 cm³/mol. The number of ether oxygens (including phenoxy) is 1. The van der Waals surface area contributed by atoms with Gasteiger partial charge in [0.2, 0.25) is 11.8 Å². The number of anilines is 1. The number of fused-ring (bicyclic) bond motifs is 2. The van der Waals surface area contributed by atoms with Crippen molar-refractivity contribution in [3.63, 3.8) is 0 Å². The monoisotopic (exact) mass is 443 g/mol. The van der Waals surface area contributed by atoms with E-state index in [2.05, 4.69) is 20.5 Å². The summed E-state index contributed by atoms with van der Waals surface area (Å²) in [6.45, 7) is 3.83. The number of aromatic nitrogens is 6. The molecule has 0 radical (unpaired) electrons. The summed E-state index contributed by atoms with van der Waals surface area (Å²) < 4.78 is 8.28. The molecule has 168 valence electrons. The number of aryl methyl sites for hydroxylation is 1. The summed E-state index contributed by atoms with van der Waals surface area (Å²) in [7, 11) is 6.03. The van der Waals surface area contributed by atoms with Gasteiger partial charge in [0.1, 0.15) is 35.0 Å². The van der Waals surface area contributed by atoms with Gasteiger partial charge in [-0.1, -0.05) is 0 Å². The topological polar surface area (TPSA) is 113 Å². The van der Waals surface area contributed by atoms with Gasteiger partial charge in [-0.05, 0) is 51.7 Å². The van der Waals surface area contributed by atoms with Crippen LogP contribution in [0.5, 0.6) is 5.88 Å². The molecule has 1 saturated carbocycles. The zero-order valence-electron chi connectivity index (χ0n) is 19.8. The number of rotatable bonds is 5. The lowest BCUT2D eigenvalue weighted by molar-refractivity contribution is 0.0195. The lowest BCUT2D eigenvalue weighted by Gasteiger charge is -2.33. The van der Waals surface area contributed by atoms with E-state index in [0.29, 0.717) is 17.5 Å². The SMILES string of the molecule is BC(B)(B)Oc1nc(N[C@H]2CC[C@](C)(O)CC2)nc2[nH]cc(-c3ccc4nnc(C)n4c3)c12. The molecule has 0 saturated heterocycles. The summed E-state index contributed by atoms with van der Waals surface area (Å²) in [6, 6.07) is 4.19. The van der Waals surface area contributed by atoms with E-state index in [-0.39, 0.29) is 6.04 Å². The minimum atomic E-state index is -0.581. The fourth-order valence-electron chi connectivity index (χ4n) is 4.39. The van der Waals surface area contributed by atoms with Crippen molar-refractivity contribution in [2.24, 2.45) is 0 Å².